The summed E-state index contributed by atoms with van der Waals surface area (Å²) in [5.41, 5.74) is 2.86. The molecule has 2 aromatic heterocycles. The predicted molar refractivity (Wildman–Crippen MR) is 102 cm³/mol. The van der Waals surface area contributed by atoms with Gasteiger partial charge in [0.2, 0.25) is 0 Å². The van der Waals surface area contributed by atoms with E-state index >= 15 is 0 Å². The minimum Gasteiger partial charge on any atom is -0.384 e. The van der Waals surface area contributed by atoms with Gasteiger partial charge in [-0.15, -0.1) is 0 Å². The summed E-state index contributed by atoms with van der Waals surface area (Å²) in [6, 6.07) is 11.4. The monoisotopic (exact) mass is 334 g/mol. The third-order valence-electron chi connectivity index (χ3n) is 3.99. The summed E-state index contributed by atoms with van der Waals surface area (Å²) in [4.78, 5) is 21.1. The summed E-state index contributed by atoms with van der Waals surface area (Å²) in [5.74, 6) is -0.192. The van der Waals surface area contributed by atoms with Gasteiger partial charge in [0.1, 0.15) is 0 Å². The lowest BCUT2D eigenvalue weighted by molar-refractivity contribution is 0.102. The second-order valence-corrected chi connectivity index (χ2v) is 5.93. The van der Waals surface area contributed by atoms with Crippen molar-refractivity contribution in [1.29, 1.82) is 0 Å². The fourth-order valence-electron chi connectivity index (χ4n) is 2.67. The number of para-hydroxylation sites is 1. The fourth-order valence-corrected chi connectivity index (χ4v) is 2.67. The number of anilines is 2. The molecule has 2 N–H and O–H groups in total. The largest absolute Gasteiger partial charge is 0.384 e. The first-order valence-electron chi connectivity index (χ1n) is 8.62. The van der Waals surface area contributed by atoms with Crippen molar-refractivity contribution in [1.82, 2.24) is 9.97 Å². The standard InChI is InChI=1S/C20H22N4O/c1-2-3-4-10-22-17-12-16(13-21-14-17)20(25)24-18-9-5-7-15-8-6-11-23-19(15)18/h5-9,11-14,22H,2-4,10H2,1H3,(H,24,25). The minimum absolute atomic E-state index is 0.192. The molecule has 0 saturated carbocycles. The predicted octanol–water partition coefficient (Wildman–Crippen LogP) is 4.48. The lowest BCUT2D eigenvalue weighted by Crippen LogP contribution is -2.13. The second kappa shape index (κ2) is 8.24. The summed E-state index contributed by atoms with van der Waals surface area (Å²) in [6.45, 7) is 3.06. The number of hydrogen-bond donors (Lipinski definition) is 2. The molecule has 1 amide bonds. The van der Waals surface area contributed by atoms with Crippen LogP contribution in [-0.2, 0) is 0 Å². The number of amides is 1. The molecule has 0 unspecified atom stereocenters. The van der Waals surface area contributed by atoms with Gasteiger partial charge in [-0.25, -0.2) is 0 Å². The molecule has 3 rings (SSSR count). The molecule has 0 aliphatic heterocycles. The maximum Gasteiger partial charge on any atom is 0.257 e. The summed E-state index contributed by atoms with van der Waals surface area (Å²) in [6.07, 6.45) is 8.51. The molecule has 5 nitrogen and oxygen atoms in total. The smallest absolute Gasteiger partial charge is 0.257 e. The normalized spacial score (nSPS) is 10.6. The molecule has 128 valence electrons. The number of nitrogens with one attached hydrogen (secondary N) is 2. The number of fused-ring (bicyclic) bond motifs is 1. The van der Waals surface area contributed by atoms with Gasteiger partial charge in [-0.05, 0) is 24.6 Å². The lowest BCUT2D eigenvalue weighted by atomic mass is 10.1. The number of nitrogens with zero attached hydrogens (tertiary/aromatic N) is 2. The van der Waals surface area contributed by atoms with E-state index in [1.165, 1.54) is 12.8 Å². The third-order valence-corrected chi connectivity index (χ3v) is 3.99. The van der Waals surface area contributed by atoms with E-state index in [9.17, 15) is 4.79 Å². The Morgan fingerprint density at radius 2 is 2.00 bits per heavy atom. The van der Waals surface area contributed by atoms with E-state index < -0.39 is 0 Å². The van der Waals surface area contributed by atoms with Gasteiger partial charge in [-0.3, -0.25) is 14.8 Å². The zero-order valence-corrected chi connectivity index (χ0v) is 14.3. The molecule has 0 radical (unpaired) electrons. The second-order valence-electron chi connectivity index (χ2n) is 5.93. The van der Waals surface area contributed by atoms with Gasteiger partial charge in [0.15, 0.2) is 0 Å². The number of hydrogen-bond acceptors (Lipinski definition) is 4. The van der Waals surface area contributed by atoms with E-state index in [1.807, 2.05) is 36.4 Å². The van der Waals surface area contributed by atoms with E-state index in [2.05, 4.69) is 27.5 Å². The van der Waals surface area contributed by atoms with Gasteiger partial charge in [-0.1, -0.05) is 38.0 Å². The number of carbonyl (C=O) groups excluding carboxylic acids is 1. The Bertz CT molecular complexity index is 858. The maximum atomic E-state index is 12.6. The van der Waals surface area contributed by atoms with Crippen LogP contribution in [0.5, 0.6) is 0 Å². The molecule has 0 aliphatic rings. The van der Waals surface area contributed by atoms with Crippen LogP contribution in [0.1, 0.15) is 36.5 Å². The van der Waals surface area contributed by atoms with Crippen molar-refractivity contribution >= 4 is 28.2 Å². The Morgan fingerprint density at radius 3 is 2.88 bits per heavy atom. The fraction of sp³-hybridized carbons (Fsp3) is 0.250. The minimum atomic E-state index is -0.192. The molecular weight excluding hydrogens is 312 g/mol. The van der Waals surface area contributed by atoms with Gasteiger partial charge in [-0.2, -0.15) is 0 Å². The van der Waals surface area contributed by atoms with Crippen LogP contribution in [0.25, 0.3) is 10.9 Å². The molecule has 5 heteroatoms. The molecule has 0 bridgehead atoms. The number of rotatable bonds is 7. The van der Waals surface area contributed by atoms with Crippen LogP contribution in [0.15, 0.2) is 55.0 Å². The molecule has 0 fully saturated rings. The number of pyridine rings is 2. The zero-order valence-electron chi connectivity index (χ0n) is 14.3. The van der Waals surface area contributed by atoms with Crippen molar-refractivity contribution in [2.45, 2.75) is 26.2 Å². The quantitative estimate of drug-likeness (QED) is 0.625. The van der Waals surface area contributed by atoms with Crippen molar-refractivity contribution in [3.05, 3.63) is 60.6 Å². The van der Waals surface area contributed by atoms with Crippen LogP contribution in [0.4, 0.5) is 11.4 Å². The highest BCUT2D eigenvalue weighted by atomic mass is 16.1. The molecule has 0 aliphatic carbocycles. The highest BCUT2D eigenvalue weighted by Gasteiger charge is 2.10. The Balaban J connectivity index is 1.72. The summed E-state index contributed by atoms with van der Waals surface area (Å²) >= 11 is 0. The summed E-state index contributed by atoms with van der Waals surface area (Å²) < 4.78 is 0. The highest BCUT2D eigenvalue weighted by molar-refractivity contribution is 6.08. The van der Waals surface area contributed by atoms with Crippen LogP contribution >= 0.6 is 0 Å². The van der Waals surface area contributed by atoms with Crippen LogP contribution < -0.4 is 10.6 Å². The molecule has 3 aromatic rings. The molecule has 0 spiro atoms. The SMILES string of the molecule is CCCCCNc1cncc(C(=O)Nc2cccc3cccnc23)c1. The zero-order chi connectivity index (χ0) is 17.5. The molecule has 0 saturated heterocycles. The summed E-state index contributed by atoms with van der Waals surface area (Å²) in [5, 5.41) is 7.24. The highest BCUT2D eigenvalue weighted by Crippen LogP contribution is 2.21. The van der Waals surface area contributed by atoms with E-state index in [-0.39, 0.29) is 5.91 Å². The van der Waals surface area contributed by atoms with Crippen molar-refractivity contribution in [3.63, 3.8) is 0 Å². The molecule has 25 heavy (non-hydrogen) atoms. The van der Waals surface area contributed by atoms with Crippen molar-refractivity contribution < 1.29 is 4.79 Å². The Labute approximate surface area is 147 Å². The van der Waals surface area contributed by atoms with E-state index in [1.54, 1.807) is 18.6 Å². The average Bonchev–Trinajstić information content (AvgIpc) is 2.66. The van der Waals surface area contributed by atoms with Crippen LogP contribution in [0.3, 0.4) is 0 Å². The van der Waals surface area contributed by atoms with Crippen LogP contribution in [0.2, 0.25) is 0 Å². The van der Waals surface area contributed by atoms with Gasteiger partial charge in [0.05, 0.1) is 22.5 Å². The average molecular weight is 334 g/mol. The molecule has 0 atom stereocenters. The van der Waals surface area contributed by atoms with Gasteiger partial charge in [0.25, 0.3) is 5.91 Å². The number of aromatic nitrogens is 2. The number of benzene rings is 1. The first-order chi connectivity index (χ1) is 12.3. The van der Waals surface area contributed by atoms with E-state index in [0.29, 0.717) is 11.3 Å². The first kappa shape index (κ1) is 16.9. The van der Waals surface area contributed by atoms with Crippen LogP contribution in [0, 0.1) is 0 Å². The molecular formula is C20H22N4O. The Morgan fingerprint density at radius 1 is 1.12 bits per heavy atom. The van der Waals surface area contributed by atoms with Crippen molar-refractivity contribution in [2.24, 2.45) is 0 Å². The Hall–Kier alpha value is -2.95. The first-order valence-corrected chi connectivity index (χ1v) is 8.62. The van der Waals surface area contributed by atoms with E-state index in [0.717, 1.165) is 29.6 Å². The lowest BCUT2D eigenvalue weighted by Gasteiger charge is -2.10. The van der Waals surface area contributed by atoms with Gasteiger partial charge >= 0.3 is 0 Å². The summed E-state index contributed by atoms with van der Waals surface area (Å²) in [7, 11) is 0. The van der Waals surface area contributed by atoms with E-state index in [4.69, 9.17) is 0 Å². The third kappa shape index (κ3) is 4.32. The number of unbranched alkanes of at least 4 members (excludes halogenated alkanes) is 2. The molecule has 2 heterocycles. The van der Waals surface area contributed by atoms with Gasteiger partial charge < -0.3 is 10.6 Å². The maximum absolute atomic E-state index is 12.6. The molecule has 1 aromatic carbocycles. The van der Waals surface area contributed by atoms with Crippen molar-refractivity contribution in [2.75, 3.05) is 17.2 Å². The van der Waals surface area contributed by atoms with Gasteiger partial charge in [0, 0.05) is 30.5 Å². The van der Waals surface area contributed by atoms with Crippen LogP contribution in [-0.4, -0.2) is 22.4 Å². The topological polar surface area (TPSA) is 66.9 Å². The Kier molecular flexibility index (Phi) is 5.57. The number of carbonyl (C=O) groups is 1. The van der Waals surface area contributed by atoms with Crippen molar-refractivity contribution in [3.8, 4) is 0 Å².